The highest BCUT2D eigenvalue weighted by atomic mass is 32.2. The minimum absolute atomic E-state index is 0.150. The number of nitrogens with one attached hydrogen (secondary N) is 2. The maximum Gasteiger partial charge on any atom is 0.246 e. The summed E-state index contributed by atoms with van der Waals surface area (Å²) in [6.45, 7) is 0.150. The Morgan fingerprint density at radius 3 is 2.78 bits per heavy atom. The molecule has 0 aliphatic heterocycles. The van der Waals surface area contributed by atoms with Crippen LogP contribution in [0.4, 0.5) is 0 Å². The molecule has 2 aromatic heterocycles. The summed E-state index contributed by atoms with van der Waals surface area (Å²) in [4.78, 5) is 13.7. The lowest BCUT2D eigenvalue weighted by atomic mass is 10.4. The highest BCUT2D eigenvalue weighted by molar-refractivity contribution is 7.89. The van der Waals surface area contributed by atoms with Crippen molar-refractivity contribution in [3.8, 4) is 0 Å². The van der Waals surface area contributed by atoms with Crippen LogP contribution in [-0.2, 0) is 23.6 Å². The van der Waals surface area contributed by atoms with E-state index < -0.39 is 15.5 Å². The molecule has 2 heterocycles. The second kappa shape index (κ2) is 4.79. The molecular formula is C11H13N3O3S. The van der Waals surface area contributed by atoms with Crippen LogP contribution >= 0.6 is 0 Å². The van der Waals surface area contributed by atoms with E-state index in [0.29, 0.717) is 0 Å². The quantitative estimate of drug-likeness (QED) is 0.829. The fraction of sp³-hybridized carbons (Fsp3) is 0.182. The summed E-state index contributed by atoms with van der Waals surface area (Å²) >= 11 is 0. The topological polar surface area (TPSA) is 84.0 Å². The first-order chi connectivity index (χ1) is 8.49. The average molecular weight is 267 g/mol. The summed E-state index contributed by atoms with van der Waals surface area (Å²) in [5.41, 5.74) is 0.294. The number of hydrogen-bond acceptors (Lipinski definition) is 3. The van der Waals surface area contributed by atoms with Gasteiger partial charge in [0.15, 0.2) is 0 Å². The Bertz CT molecular complexity index is 700. The Balaban J connectivity index is 2.18. The van der Waals surface area contributed by atoms with Crippen LogP contribution in [0, 0.1) is 0 Å². The van der Waals surface area contributed by atoms with Crippen LogP contribution in [-0.4, -0.2) is 18.0 Å². The van der Waals surface area contributed by atoms with Crippen molar-refractivity contribution in [3.05, 3.63) is 52.7 Å². The van der Waals surface area contributed by atoms with Crippen molar-refractivity contribution < 1.29 is 8.42 Å². The smallest absolute Gasteiger partial charge is 0.246 e. The second-order valence-electron chi connectivity index (χ2n) is 3.88. The molecule has 2 rings (SSSR count). The fourth-order valence-electron chi connectivity index (χ4n) is 1.53. The van der Waals surface area contributed by atoms with Crippen molar-refractivity contribution >= 4 is 10.0 Å². The predicted molar refractivity (Wildman–Crippen MR) is 66.5 cm³/mol. The summed E-state index contributed by atoms with van der Waals surface area (Å²) < 4.78 is 28.0. The van der Waals surface area contributed by atoms with Crippen LogP contribution in [0.25, 0.3) is 0 Å². The Hall–Kier alpha value is -1.86. The molecule has 0 radical (unpaired) electrons. The molecule has 0 amide bonds. The maximum absolute atomic E-state index is 11.9. The Morgan fingerprint density at radius 2 is 2.17 bits per heavy atom. The van der Waals surface area contributed by atoms with Crippen LogP contribution in [0.2, 0.25) is 0 Å². The van der Waals surface area contributed by atoms with E-state index in [-0.39, 0.29) is 11.4 Å². The van der Waals surface area contributed by atoms with Gasteiger partial charge in [0.2, 0.25) is 15.5 Å². The summed E-state index contributed by atoms with van der Waals surface area (Å²) in [6, 6.07) is 2.98. The van der Waals surface area contributed by atoms with Gasteiger partial charge in [0.1, 0.15) is 4.90 Å². The van der Waals surface area contributed by atoms with E-state index in [1.54, 1.807) is 12.3 Å². The molecule has 0 fully saturated rings. The SMILES string of the molecule is Cn1ccc(CNS(=O)(=O)c2c[nH]ccc2=O)c1. The molecule has 6 nitrogen and oxygen atoms in total. The number of aromatic amines is 1. The highest BCUT2D eigenvalue weighted by Gasteiger charge is 2.17. The van der Waals surface area contributed by atoms with E-state index in [1.165, 1.54) is 18.5 Å². The van der Waals surface area contributed by atoms with E-state index in [1.807, 2.05) is 17.8 Å². The zero-order chi connectivity index (χ0) is 13.2. The number of aromatic nitrogens is 2. The van der Waals surface area contributed by atoms with Crippen molar-refractivity contribution in [1.29, 1.82) is 0 Å². The normalized spacial score (nSPS) is 11.6. The third kappa shape index (κ3) is 2.69. The van der Waals surface area contributed by atoms with Crippen molar-refractivity contribution in [2.75, 3.05) is 0 Å². The molecule has 96 valence electrons. The summed E-state index contributed by atoms with van der Waals surface area (Å²) in [5, 5.41) is 0. The second-order valence-corrected chi connectivity index (χ2v) is 5.62. The molecule has 2 aromatic rings. The number of rotatable bonds is 4. The lowest BCUT2D eigenvalue weighted by molar-refractivity contribution is 0.580. The van der Waals surface area contributed by atoms with Gasteiger partial charge in [0.05, 0.1) is 0 Å². The monoisotopic (exact) mass is 267 g/mol. The molecule has 0 bridgehead atoms. The third-order valence-corrected chi connectivity index (χ3v) is 3.86. The molecule has 0 atom stereocenters. The first-order valence-electron chi connectivity index (χ1n) is 5.27. The van der Waals surface area contributed by atoms with Gasteiger partial charge in [-0.05, 0) is 11.6 Å². The Kier molecular flexibility index (Phi) is 3.35. The highest BCUT2D eigenvalue weighted by Crippen LogP contribution is 2.04. The van der Waals surface area contributed by atoms with Crippen molar-refractivity contribution in [1.82, 2.24) is 14.3 Å². The van der Waals surface area contributed by atoms with Gasteiger partial charge < -0.3 is 9.55 Å². The first-order valence-corrected chi connectivity index (χ1v) is 6.75. The van der Waals surface area contributed by atoms with Crippen molar-refractivity contribution in [2.45, 2.75) is 11.4 Å². The largest absolute Gasteiger partial charge is 0.366 e. The van der Waals surface area contributed by atoms with Crippen LogP contribution in [0.5, 0.6) is 0 Å². The van der Waals surface area contributed by atoms with Gasteiger partial charge in [0, 0.05) is 44.4 Å². The average Bonchev–Trinajstić information content (AvgIpc) is 2.73. The Labute approximate surface area is 104 Å². The molecule has 2 N–H and O–H groups in total. The van der Waals surface area contributed by atoms with E-state index >= 15 is 0 Å². The molecule has 0 saturated carbocycles. The zero-order valence-corrected chi connectivity index (χ0v) is 10.6. The number of H-pyrrole nitrogens is 1. The molecule has 0 saturated heterocycles. The van der Waals surface area contributed by atoms with Gasteiger partial charge in [-0.15, -0.1) is 0 Å². The van der Waals surface area contributed by atoms with E-state index in [4.69, 9.17) is 0 Å². The van der Waals surface area contributed by atoms with Gasteiger partial charge >= 0.3 is 0 Å². The van der Waals surface area contributed by atoms with E-state index in [2.05, 4.69) is 9.71 Å². The molecule has 0 aromatic carbocycles. The molecule has 0 spiro atoms. The van der Waals surface area contributed by atoms with E-state index in [0.717, 1.165) is 5.56 Å². The number of nitrogens with zero attached hydrogens (tertiary/aromatic N) is 1. The summed E-state index contributed by atoms with van der Waals surface area (Å²) in [5.74, 6) is 0. The third-order valence-electron chi connectivity index (χ3n) is 2.44. The molecular weight excluding hydrogens is 254 g/mol. The fourth-order valence-corrected chi connectivity index (χ4v) is 2.60. The number of sulfonamides is 1. The molecule has 18 heavy (non-hydrogen) atoms. The van der Waals surface area contributed by atoms with Gasteiger partial charge in [-0.2, -0.15) is 0 Å². The molecule has 7 heteroatoms. The lowest BCUT2D eigenvalue weighted by Gasteiger charge is -2.04. The van der Waals surface area contributed by atoms with Gasteiger partial charge in [0.25, 0.3) is 0 Å². The maximum atomic E-state index is 11.9. The number of pyridine rings is 1. The lowest BCUT2D eigenvalue weighted by Crippen LogP contribution is -2.27. The molecule has 0 aliphatic carbocycles. The van der Waals surface area contributed by atoms with Crippen LogP contribution in [0.15, 0.2) is 46.6 Å². The van der Waals surface area contributed by atoms with Gasteiger partial charge in [-0.25, -0.2) is 13.1 Å². The van der Waals surface area contributed by atoms with Crippen LogP contribution in [0.3, 0.4) is 0 Å². The van der Waals surface area contributed by atoms with Crippen molar-refractivity contribution in [3.63, 3.8) is 0 Å². The summed E-state index contributed by atoms with van der Waals surface area (Å²) in [6.07, 6.45) is 6.19. The first kappa shape index (κ1) is 12.6. The minimum Gasteiger partial charge on any atom is -0.366 e. The standard InChI is InChI=1S/C11H13N3O3S/c1-14-5-3-9(8-14)6-13-18(16,17)11-7-12-4-2-10(11)15/h2-5,7-8,13H,6H2,1H3,(H,12,15). The number of aryl methyl sites for hydroxylation is 1. The van der Waals surface area contributed by atoms with Gasteiger partial charge in [-0.3, -0.25) is 4.79 Å². The van der Waals surface area contributed by atoms with Crippen LogP contribution in [0.1, 0.15) is 5.56 Å². The number of hydrogen-bond donors (Lipinski definition) is 2. The predicted octanol–water partition coefficient (Wildman–Crippen LogP) is 0.192. The molecule has 0 unspecified atom stereocenters. The van der Waals surface area contributed by atoms with Crippen LogP contribution < -0.4 is 10.2 Å². The van der Waals surface area contributed by atoms with Gasteiger partial charge in [-0.1, -0.05) is 0 Å². The minimum atomic E-state index is -3.78. The zero-order valence-electron chi connectivity index (χ0n) is 9.75. The molecule has 0 aliphatic rings. The van der Waals surface area contributed by atoms with E-state index in [9.17, 15) is 13.2 Å². The summed E-state index contributed by atoms with van der Waals surface area (Å²) in [7, 11) is -1.94. The Morgan fingerprint density at radius 1 is 1.39 bits per heavy atom. The van der Waals surface area contributed by atoms with Crippen molar-refractivity contribution in [2.24, 2.45) is 7.05 Å².